The van der Waals surface area contributed by atoms with Crippen LogP contribution in [0.4, 0.5) is 0 Å². The van der Waals surface area contributed by atoms with Gasteiger partial charge in [0.25, 0.3) is 0 Å². The fraction of sp³-hybridized carbons (Fsp3) is 0.857. The summed E-state index contributed by atoms with van der Waals surface area (Å²) in [5, 5.41) is 10.9. The quantitative estimate of drug-likeness (QED) is 0.446. The lowest BCUT2D eigenvalue weighted by Crippen LogP contribution is -2.26. The molecule has 0 atom stereocenters. The molecule has 1 amide bonds. The fourth-order valence-electron chi connectivity index (χ4n) is 0.714. The van der Waals surface area contributed by atoms with Crippen molar-refractivity contribution in [3.05, 3.63) is 0 Å². The minimum absolute atomic E-state index is 0.00261. The summed E-state index contributed by atoms with van der Waals surface area (Å²) >= 11 is 0. The smallest absolute Gasteiger partial charge is 0.220 e. The van der Waals surface area contributed by atoms with Crippen molar-refractivity contribution in [2.24, 2.45) is 5.73 Å². The molecule has 0 radical (unpaired) electrons. The van der Waals surface area contributed by atoms with Crippen LogP contribution < -0.4 is 11.1 Å². The van der Waals surface area contributed by atoms with Crippen LogP contribution in [0, 0.1) is 0 Å². The van der Waals surface area contributed by atoms with Crippen LogP contribution in [0.3, 0.4) is 0 Å². The molecule has 0 aliphatic heterocycles. The minimum atomic E-state index is -0.00694. The molecule has 0 unspecified atom stereocenters. The SMILES string of the molecule is NCCCCC(=O)NCCO. The lowest BCUT2D eigenvalue weighted by molar-refractivity contribution is -0.121. The Morgan fingerprint density at radius 2 is 2.18 bits per heavy atom. The number of carbonyl (C=O) groups excluding carboxylic acids is 1. The first-order valence-electron chi connectivity index (χ1n) is 3.89. The molecule has 0 saturated carbocycles. The molecule has 4 heteroatoms. The van der Waals surface area contributed by atoms with Crippen LogP contribution in [-0.2, 0) is 4.79 Å². The third kappa shape index (κ3) is 7.29. The number of aliphatic hydroxyl groups is 1. The molecule has 0 aliphatic carbocycles. The van der Waals surface area contributed by atoms with Gasteiger partial charge < -0.3 is 16.2 Å². The third-order valence-corrected chi connectivity index (χ3v) is 1.29. The molecule has 0 saturated heterocycles. The second-order valence-electron chi connectivity index (χ2n) is 2.32. The highest BCUT2D eigenvalue weighted by Crippen LogP contribution is 1.91. The summed E-state index contributed by atoms with van der Waals surface area (Å²) in [6, 6.07) is 0. The zero-order valence-electron chi connectivity index (χ0n) is 6.68. The van der Waals surface area contributed by atoms with Crippen molar-refractivity contribution in [1.82, 2.24) is 5.32 Å². The maximum atomic E-state index is 10.8. The largest absolute Gasteiger partial charge is 0.395 e. The molecule has 0 aromatic rings. The molecule has 66 valence electrons. The number of nitrogens with two attached hydrogens (primary N) is 1. The van der Waals surface area contributed by atoms with Crippen molar-refractivity contribution >= 4 is 5.91 Å². The Kier molecular flexibility index (Phi) is 7.08. The summed E-state index contributed by atoms with van der Waals surface area (Å²) < 4.78 is 0. The summed E-state index contributed by atoms with van der Waals surface area (Å²) in [6.45, 7) is 0.983. The molecule has 0 rings (SSSR count). The first-order chi connectivity index (χ1) is 5.31. The van der Waals surface area contributed by atoms with Crippen LogP contribution in [0.5, 0.6) is 0 Å². The van der Waals surface area contributed by atoms with E-state index in [0.717, 1.165) is 12.8 Å². The lowest BCUT2D eigenvalue weighted by atomic mass is 10.2. The van der Waals surface area contributed by atoms with Gasteiger partial charge >= 0.3 is 0 Å². The van der Waals surface area contributed by atoms with Gasteiger partial charge in [-0.05, 0) is 19.4 Å². The average molecular weight is 160 g/mol. The Hall–Kier alpha value is -0.610. The number of amides is 1. The maximum absolute atomic E-state index is 10.8. The average Bonchev–Trinajstić information content (AvgIpc) is 2.01. The Morgan fingerprint density at radius 1 is 1.45 bits per heavy atom. The second kappa shape index (κ2) is 7.50. The topological polar surface area (TPSA) is 75.4 Å². The number of carbonyl (C=O) groups is 1. The minimum Gasteiger partial charge on any atom is -0.395 e. The number of hydrogen-bond donors (Lipinski definition) is 3. The molecule has 0 aromatic carbocycles. The Bertz CT molecular complexity index is 107. The fourth-order valence-corrected chi connectivity index (χ4v) is 0.714. The van der Waals surface area contributed by atoms with Crippen LogP contribution in [0.15, 0.2) is 0 Å². The lowest BCUT2D eigenvalue weighted by Gasteiger charge is -2.01. The van der Waals surface area contributed by atoms with Gasteiger partial charge in [-0.2, -0.15) is 0 Å². The van der Waals surface area contributed by atoms with E-state index in [-0.39, 0.29) is 12.5 Å². The predicted molar refractivity (Wildman–Crippen MR) is 43.0 cm³/mol. The number of hydrogen-bond acceptors (Lipinski definition) is 3. The third-order valence-electron chi connectivity index (χ3n) is 1.29. The molecule has 0 aliphatic rings. The van der Waals surface area contributed by atoms with Gasteiger partial charge in [0.2, 0.25) is 5.91 Å². The molecule has 11 heavy (non-hydrogen) atoms. The predicted octanol–water partition coefficient (Wildman–Crippen LogP) is -0.776. The number of unbranched alkanes of at least 4 members (excludes halogenated alkanes) is 1. The van der Waals surface area contributed by atoms with E-state index in [4.69, 9.17) is 10.8 Å². The summed E-state index contributed by atoms with van der Waals surface area (Å²) in [7, 11) is 0. The molecule has 4 N–H and O–H groups in total. The van der Waals surface area contributed by atoms with Crippen molar-refractivity contribution in [3.63, 3.8) is 0 Å². The monoisotopic (exact) mass is 160 g/mol. The van der Waals surface area contributed by atoms with Gasteiger partial charge in [-0.15, -0.1) is 0 Å². The van der Waals surface area contributed by atoms with Crippen molar-refractivity contribution < 1.29 is 9.90 Å². The van der Waals surface area contributed by atoms with Gasteiger partial charge in [-0.25, -0.2) is 0 Å². The summed E-state index contributed by atoms with van der Waals surface area (Å²) in [5.74, 6) is -0.00694. The first kappa shape index (κ1) is 10.4. The number of rotatable bonds is 6. The molecule has 4 nitrogen and oxygen atoms in total. The van der Waals surface area contributed by atoms with Crippen LogP contribution >= 0.6 is 0 Å². The molecule has 0 heterocycles. The molecular formula is C7H16N2O2. The van der Waals surface area contributed by atoms with E-state index in [2.05, 4.69) is 5.32 Å². The normalized spacial score (nSPS) is 9.64. The van der Waals surface area contributed by atoms with E-state index in [1.165, 1.54) is 0 Å². The van der Waals surface area contributed by atoms with E-state index in [0.29, 0.717) is 19.5 Å². The maximum Gasteiger partial charge on any atom is 0.220 e. The molecule has 0 fully saturated rings. The summed E-state index contributed by atoms with van der Waals surface area (Å²) in [6.07, 6.45) is 2.22. The van der Waals surface area contributed by atoms with Gasteiger partial charge in [0.15, 0.2) is 0 Å². The van der Waals surface area contributed by atoms with E-state index < -0.39 is 0 Å². The highest BCUT2D eigenvalue weighted by atomic mass is 16.3. The van der Waals surface area contributed by atoms with Crippen LogP contribution in [-0.4, -0.2) is 30.7 Å². The van der Waals surface area contributed by atoms with Crippen molar-refractivity contribution in [2.75, 3.05) is 19.7 Å². The van der Waals surface area contributed by atoms with Gasteiger partial charge in [0.05, 0.1) is 6.61 Å². The van der Waals surface area contributed by atoms with Gasteiger partial charge in [-0.1, -0.05) is 0 Å². The molecule has 0 aromatic heterocycles. The van der Waals surface area contributed by atoms with Crippen molar-refractivity contribution in [3.8, 4) is 0 Å². The van der Waals surface area contributed by atoms with Gasteiger partial charge in [0.1, 0.15) is 0 Å². The Labute approximate surface area is 66.8 Å². The first-order valence-corrected chi connectivity index (χ1v) is 3.89. The zero-order valence-corrected chi connectivity index (χ0v) is 6.68. The molecule has 0 bridgehead atoms. The van der Waals surface area contributed by atoms with Gasteiger partial charge in [0, 0.05) is 13.0 Å². The Morgan fingerprint density at radius 3 is 2.73 bits per heavy atom. The zero-order chi connectivity index (χ0) is 8.53. The molecule has 0 spiro atoms. The van der Waals surface area contributed by atoms with E-state index in [1.54, 1.807) is 0 Å². The standard InChI is InChI=1S/C7H16N2O2/c8-4-2-1-3-7(11)9-5-6-10/h10H,1-6,8H2,(H,9,11). The van der Waals surface area contributed by atoms with E-state index in [1.807, 2.05) is 0 Å². The van der Waals surface area contributed by atoms with Crippen LogP contribution in [0.25, 0.3) is 0 Å². The number of aliphatic hydroxyl groups excluding tert-OH is 1. The van der Waals surface area contributed by atoms with Crippen LogP contribution in [0.1, 0.15) is 19.3 Å². The summed E-state index contributed by atoms with van der Waals surface area (Å²) in [4.78, 5) is 10.8. The van der Waals surface area contributed by atoms with Crippen molar-refractivity contribution in [2.45, 2.75) is 19.3 Å². The second-order valence-corrected chi connectivity index (χ2v) is 2.32. The Balaban J connectivity index is 3.09. The highest BCUT2D eigenvalue weighted by molar-refractivity contribution is 5.75. The summed E-state index contributed by atoms with van der Waals surface area (Å²) in [5.41, 5.74) is 5.24. The number of nitrogens with one attached hydrogen (secondary N) is 1. The molecular weight excluding hydrogens is 144 g/mol. The highest BCUT2D eigenvalue weighted by Gasteiger charge is 1.97. The van der Waals surface area contributed by atoms with E-state index >= 15 is 0 Å². The van der Waals surface area contributed by atoms with Gasteiger partial charge in [-0.3, -0.25) is 4.79 Å². The van der Waals surface area contributed by atoms with E-state index in [9.17, 15) is 4.79 Å². The van der Waals surface area contributed by atoms with Crippen molar-refractivity contribution in [1.29, 1.82) is 0 Å². The van der Waals surface area contributed by atoms with Crippen LogP contribution in [0.2, 0.25) is 0 Å².